The number of aryl methyl sites for hydroxylation is 1. The maximum absolute atomic E-state index is 13.0. The molecule has 1 fully saturated rings. The molecule has 1 aliphatic rings. The van der Waals surface area contributed by atoms with Gasteiger partial charge in [-0.25, -0.2) is 4.98 Å². The minimum absolute atomic E-state index is 0.0557. The van der Waals surface area contributed by atoms with Crippen LogP contribution in [0.5, 0.6) is 0 Å². The molecular weight excluding hydrogens is 387 g/mol. The molecule has 1 aromatic carbocycles. The van der Waals surface area contributed by atoms with Crippen LogP contribution in [-0.2, 0) is 18.2 Å². The Bertz CT molecular complexity index is 885. The first-order chi connectivity index (χ1) is 13.0. The summed E-state index contributed by atoms with van der Waals surface area (Å²) in [5, 5.41) is 7.72. The van der Waals surface area contributed by atoms with Crippen LogP contribution >= 0.6 is 23.2 Å². The number of hydrogen-bond donors (Lipinski definition) is 2. The van der Waals surface area contributed by atoms with E-state index in [2.05, 4.69) is 15.6 Å². The molecule has 1 saturated heterocycles. The Kier molecular flexibility index (Phi) is 6.42. The standard InChI is InChI=1S/C19H24Cl2N4O2/c1-4-14-18(24-15-9-22-10-16(15)27-5-2)25(3)19(26)17(23-14)12-7-6-11(20)8-13(12)21/h6-8,15-16,22,24H,4-5,9-10H2,1-3H3/t15?,16-/m0/s1. The lowest BCUT2D eigenvalue weighted by Crippen LogP contribution is -2.37. The lowest BCUT2D eigenvalue weighted by atomic mass is 10.1. The van der Waals surface area contributed by atoms with Gasteiger partial charge in [-0.15, -0.1) is 0 Å². The highest BCUT2D eigenvalue weighted by molar-refractivity contribution is 6.36. The van der Waals surface area contributed by atoms with Gasteiger partial charge in [0.05, 0.1) is 22.9 Å². The predicted octanol–water partition coefficient (Wildman–Crippen LogP) is 3.11. The van der Waals surface area contributed by atoms with Gasteiger partial charge in [0.15, 0.2) is 0 Å². The maximum Gasteiger partial charge on any atom is 0.278 e. The molecule has 0 amide bonds. The number of nitrogens with one attached hydrogen (secondary N) is 2. The van der Waals surface area contributed by atoms with E-state index in [0.717, 1.165) is 24.6 Å². The second kappa shape index (κ2) is 8.61. The van der Waals surface area contributed by atoms with Crippen molar-refractivity contribution in [2.75, 3.05) is 25.0 Å². The van der Waals surface area contributed by atoms with Crippen molar-refractivity contribution >= 4 is 29.0 Å². The molecule has 2 N–H and O–H groups in total. The fourth-order valence-corrected chi connectivity index (χ4v) is 3.83. The summed E-state index contributed by atoms with van der Waals surface area (Å²) in [5.41, 5.74) is 1.50. The van der Waals surface area contributed by atoms with Crippen LogP contribution in [0, 0.1) is 0 Å². The fraction of sp³-hybridized carbons (Fsp3) is 0.474. The first-order valence-electron chi connectivity index (χ1n) is 9.10. The molecular formula is C19H24Cl2N4O2. The van der Waals surface area contributed by atoms with E-state index in [1.807, 2.05) is 13.8 Å². The Labute approximate surface area is 168 Å². The Morgan fingerprint density at radius 3 is 2.78 bits per heavy atom. The summed E-state index contributed by atoms with van der Waals surface area (Å²) >= 11 is 12.3. The summed E-state index contributed by atoms with van der Waals surface area (Å²) in [5.74, 6) is 0.717. The molecule has 0 bridgehead atoms. The van der Waals surface area contributed by atoms with Crippen LogP contribution in [-0.4, -0.2) is 41.4 Å². The third kappa shape index (κ3) is 4.14. The van der Waals surface area contributed by atoms with Gasteiger partial charge < -0.3 is 15.4 Å². The monoisotopic (exact) mass is 410 g/mol. The lowest BCUT2D eigenvalue weighted by Gasteiger charge is -2.24. The Hall–Kier alpha value is -1.60. The summed E-state index contributed by atoms with van der Waals surface area (Å²) < 4.78 is 7.39. The van der Waals surface area contributed by atoms with Crippen LogP contribution in [0.1, 0.15) is 19.5 Å². The molecule has 3 rings (SSSR count). The van der Waals surface area contributed by atoms with Gasteiger partial charge >= 0.3 is 0 Å². The highest BCUT2D eigenvalue weighted by Crippen LogP contribution is 2.29. The number of nitrogens with zero attached hydrogens (tertiary/aromatic N) is 2. The Morgan fingerprint density at radius 2 is 2.11 bits per heavy atom. The van der Waals surface area contributed by atoms with Gasteiger partial charge in [0.1, 0.15) is 11.5 Å². The van der Waals surface area contributed by atoms with E-state index in [4.69, 9.17) is 27.9 Å². The summed E-state index contributed by atoms with van der Waals surface area (Å²) in [6, 6.07) is 5.13. The first-order valence-corrected chi connectivity index (χ1v) is 9.86. The van der Waals surface area contributed by atoms with Crippen LogP contribution in [0.2, 0.25) is 10.0 Å². The summed E-state index contributed by atoms with van der Waals surface area (Å²) in [6.45, 7) is 6.20. The maximum atomic E-state index is 13.0. The zero-order valence-corrected chi connectivity index (χ0v) is 17.2. The molecule has 0 radical (unpaired) electrons. The van der Waals surface area contributed by atoms with Crippen LogP contribution in [0.15, 0.2) is 23.0 Å². The van der Waals surface area contributed by atoms with E-state index in [9.17, 15) is 4.79 Å². The molecule has 1 unspecified atom stereocenters. The topological polar surface area (TPSA) is 68.2 Å². The molecule has 0 aliphatic carbocycles. The molecule has 146 valence electrons. The van der Waals surface area contributed by atoms with E-state index in [0.29, 0.717) is 34.3 Å². The second-order valence-corrected chi connectivity index (χ2v) is 7.34. The highest BCUT2D eigenvalue weighted by Gasteiger charge is 2.29. The van der Waals surface area contributed by atoms with Gasteiger partial charge in [0, 0.05) is 37.3 Å². The number of benzene rings is 1. The SMILES string of the molecule is CCO[C@H]1CNCC1Nc1c(CC)nc(-c2ccc(Cl)cc2Cl)c(=O)n1C. The van der Waals surface area contributed by atoms with E-state index in [-0.39, 0.29) is 17.7 Å². The van der Waals surface area contributed by atoms with Gasteiger partial charge in [0.2, 0.25) is 0 Å². The van der Waals surface area contributed by atoms with Crippen LogP contribution in [0.3, 0.4) is 0 Å². The largest absolute Gasteiger partial charge is 0.375 e. The number of aromatic nitrogens is 2. The molecule has 2 aromatic rings. The van der Waals surface area contributed by atoms with Crippen molar-refractivity contribution in [1.29, 1.82) is 0 Å². The van der Waals surface area contributed by atoms with E-state index >= 15 is 0 Å². The number of ether oxygens (including phenoxy) is 1. The lowest BCUT2D eigenvalue weighted by molar-refractivity contribution is 0.0708. The van der Waals surface area contributed by atoms with Gasteiger partial charge in [-0.2, -0.15) is 0 Å². The van der Waals surface area contributed by atoms with Crippen molar-refractivity contribution in [3.05, 3.63) is 44.3 Å². The second-order valence-electron chi connectivity index (χ2n) is 6.50. The minimum Gasteiger partial charge on any atom is -0.375 e. The van der Waals surface area contributed by atoms with E-state index < -0.39 is 0 Å². The Balaban J connectivity index is 2.02. The third-order valence-electron chi connectivity index (χ3n) is 4.75. The van der Waals surface area contributed by atoms with Crippen molar-refractivity contribution in [1.82, 2.24) is 14.9 Å². The molecule has 8 heteroatoms. The number of halogens is 2. The number of hydrogen-bond acceptors (Lipinski definition) is 5. The van der Waals surface area contributed by atoms with Crippen LogP contribution in [0.4, 0.5) is 5.82 Å². The number of rotatable bonds is 6. The van der Waals surface area contributed by atoms with Crippen molar-refractivity contribution < 1.29 is 4.74 Å². The van der Waals surface area contributed by atoms with Crippen molar-refractivity contribution in [3.8, 4) is 11.3 Å². The van der Waals surface area contributed by atoms with Gasteiger partial charge in [-0.3, -0.25) is 9.36 Å². The van der Waals surface area contributed by atoms with Crippen molar-refractivity contribution in [2.24, 2.45) is 7.05 Å². The normalized spacial score (nSPS) is 19.4. The average Bonchev–Trinajstić information content (AvgIpc) is 3.07. The quantitative estimate of drug-likeness (QED) is 0.765. The van der Waals surface area contributed by atoms with Gasteiger partial charge in [-0.1, -0.05) is 30.1 Å². The summed E-state index contributed by atoms with van der Waals surface area (Å²) in [6.07, 6.45) is 0.730. The molecule has 0 saturated carbocycles. The molecule has 1 aromatic heterocycles. The highest BCUT2D eigenvalue weighted by atomic mass is 35.5. The van der Waals surface area contributed by atoms with Gasteiger partial charge in [-0.05, 0) is 31.5 Å². The van der Waals surface area contributed by atoms with Gasteiger partial charge in [0.25, 0.3) is 5.56 Å². The van der Waals surface area contributed by atoms with E-state index in [1.165, 1.54) is 0 Å². The first kappa shape index (κ1) is 20.1. The minimum atomic E-state index is -0.210. The molecule has 0 spiro atoms. The zero-order valence-electron chi connectivity index (χ0n) is 15.7. The summed E-state index contributed by atoms with van der Waals surface area (Å²) in [4.78, 5) is 17.6. The average molecular weight is 411 g/mol. The smallest absolute Gasteiger partial charge is 0.278 e. The fourth-order valence-electron chi connectivity index (χ4n) is 3.34. The molecule has 2 atom stereocenters. The molecule has 27 heavy (non-hydrogen) atoms. The zero-order chi connectivity index (χ0) is 19.6. The molecule has 1 aliphatic heterocycles. The molecule has 2 heterocycles. The van der Waals surface area contributed by atoms with Crippen LogP contribution in [0.25, 0.3) is 11.3 Å². The van der Waals surface area contributed by atoms with E-state index in [1.54, 1.807) is 29.8 Å². The van der Waals surface area contributed by atoms with Crippen molar-refractivity contribution in [3.63, 3.8) is 0 Å². The molecule has 6 nitrogen and oxygen atoms in total. The predicted molar refractivity (Wildman–Crippen MR) is 110 cm³/mol. The number of anilines is 1. The van der Waals surface area contributed by atoms with Crippen molar-refractivity contribution in [2.45, 2.75) is 32.4 Å². The summed E-state index contributed by atoms with van der Waals surface area (Å²) in [7, 11) is 1.75. The Morgan fingerprint density at radius 1 is 1.33 bits per heavy atom. The van der Waals surface area contributed by atoms with Crippen LogP contribution < -0.4 is 16.2 Å². The third-order valence-corrected chi connectivity index (χ3v) is 5.29.